The van der Waals surface area contributed by atoms with Crippen LogP contribution in [0.5, 0.6) is 0 Å². The Bertz CT molecular complexity index is 129. The maximum atomic E-state index is 4.00. The smallest absolute Gasteiger partial charge is 0.0140 e. The topological polar surface area (TPSA) is 0 Å². The Morgan fingerprint density at radius 1 is 1.40 bits per heavy atom. The standard InChI is InChI=1S/C7H12S.C2H2/c1-4-5-6-7(2)8-3;1-2/h4-6H,1-3H3;1-2H/b5-4-,7-6+;. The van der Waals surface area contributed by atoms with Crippen molar-refractivity contribution >= 4 is 11.8 Å². The molecule has 0 aromatic heterocycles. The lowest BCUT2D eigenvalue weighted by Gasteiger charge is -1.86. The van der Waals surface area contributed by atoms with Crippen LogP contribution < -0.4 is 0 Å². The summed E-state index contributed by atoms with van der Waals surface area (Å²) in [5.41, 5.74) is 0. The lowest BCUT2D eigenvalue weighted by molar-refractivity contribution is 1.65. The summed E-state index contributed by atoms with van der Waals surface area (Å²) in [7, 11) is 0. The van der Waals surface area contributed by atoms with E-state index in [1.165, 1.54) is 4.91 Å². The minimum atomic E-state index is 1.35. The SMILES string of the molecule is C#C.C/C=C\C=C(/C)SC. The van der Waals surface area contributed by atoms with Gasteiger partial charge in [-0.25, -0.2) is 0 Å². The lowest BCUT2D eigenvalue weighted by Crippen LogP contribution is -1.59. The van der Waals surface area contributed by atoms with Crippen molar-refractivity contribution in [2.45, 2.75) is 13.8 Å². The fourth-order valence-electron chi connectivity index (χ4n) is 0.300. The first kappa shape index (κ1) is 12.1. The van der Waals surface area contributed by atoms with E-state index in [1.54, 1.807) is 11.8 Å². The van der Waals surface area contributed by atoms with Gasteiger partial charge in [-0.3, -0.25) is 0 Å². The van der Waals surface area contributed by atoms with Crippen LogP contribution in [-0.4, -0.2) is 6.26 Å². The minimum absolute atomic E-state index is 1.35. The molecule has 0 aliphatic heterocycles. The van der Waals surface area contributed by atoms with Crippen LogP contribution in [-0.2, 0) is 0 Å². The third-order valence-electron chi connectivity index (χ3n) is 0.845. The van der Waals surface area contributed by atoms with Gasteiger partial charge in [-0.05, 0) is 25.0 Å². The maximum absolute atomic E-state index is 4.00. The third-order valence-corrected chi connectivity index (χ3v) is 1.63. The van der Waals surface area contributed by atoms with Crippen LogP contribution in [0.2, 0.25) is 0 Å². The molecule has 0 radical (unpaired) electrons. The number of rotatable bonds is 2. The Morgan fingerprint density at radius 3 is 2.20 bits per heavy atom. The van der Waals surface area contributed by atoms with Crippen molar-refractivity contribution in [2.75, 3.05) is 6.26 Å². The average Bonchev–Trinajstić information content (AvgIpc) is 2.04. The largest absolute Gasteiger partial charge is 0.134 e. The molecule has 0 fully saturated rings. The zero-order chi connectivity index (χ0) is 8.41. The van der Waals surface area contributed by atoms with E-state index in [9.17, 15) is 0 Å². The molecule has 0 aliphatic rings. The van der Waals surface area contributed by atoms with E-state index in [1.807, 2.05) is 19.1 Å². The summed E-state index contributed by atoms with van der Waals surface area (Å²) in [6.07, 6.45) is 16.3. The van der Waals surface area contributed by atoms with Gasteiger partial charge >= 0.3 is 0 Å². The highest BCUT2D eigenvalue weighted by Crippen LogP contribution is 2.08. The molecular formula is C9H14S. The molecule has 0 rings (SSSR count). The van der Waals surface area contributed by atoms with Crippen molar-refractivity contribution in [1.82, 2.24) is 0 Å². The Balaban J connectivity index is 0. The first-order valence-corrected chi connectivity index (χ1v) is 4.20. The van der Waals surface area contributed by atoms with Crippen LogP contribution >= 0.6 is 11.8 Å². The summed E-state index contributed by atoms with van der Waals surface area (Å²) in [6.45, 7) is 4.12. The highest BCUT2D eigenvalue weighted by molar-refractivity contribution is 8.02. The molecule has 0 aromatic carbocycles. The molecule has 10 heavy (non-hydrogen) atoms. The van der Waals surface area contributed by atoms with Gasteiger partial charge in [0, 0.05) is 0 Å². The Morgan fingerprint density at radius 2 is 1.90 bits per heavy atom. The van der Waals surface area contributed by atoms with E-state index >= 15 is 0 Å². The molecule has 0 aliphatic carbocycles. The molecule has 0 unspecified atom stereocenters. The molecule has 0 bridgehead atoms. The summed E-state index contributed by atoms with van der Waals surface area (Å²) in [4.78, 5) is 1.35. The van der Waals surface area contributed by atoms with Gasteiger partial charge in [0.15, 0.2) is 0 Å². The predicted octanol–water partition coefficient (Wildman–Crippen LogP) is 3.08. The third kappa shape index (κ3) is 10.4. The van der Waals surface area contributed by atoms with E-state index in [0.717, 1.165) is 0 Å². The number of allylic oxidation sites excluding steroid dienone is 4. The van der Waals surface area contributed by atoms with Crippen molar-refractivity contribution in [1.29, 1.82) is 0 Å². The van der Waals surface area contributed by atoms with Gasteiger partial charge in [-0.1, -0.05) is 18.2 Å². The second-order valence-corrected chi connectivity index (χ2v) is 2.56. The summed E-state index contributed by atoms with van der Waals surface area (Å²) in [5.74, 6) is 0. The molecule has 0 N–H and O–H groups in total. The maximum Gasteiger partial charge on any atom is -0.0140 e. The Hall–Kier alpha value is -0.610. The van der Waals surface area contributed by atoms with Gasteiger partial charge in [-0.15, -0.1) is 24.6 Å². The van der Waals surface area contributed by atoms with Crippen molar-refractivity contribution in [3.63, 3.8) is 0 Å². The second-order valence-electron chi connectivity index (χ2n) is 1.51. The molecule has 0 saturated carbocycles. The first-order valence-electron chi connectivity index (χ1n) is 2.98. The van der Waals surface area contributed by atoms with Crippen LogP contribution in [0.1, 0.15) is 13.8 Å². The molecule has 0 spiro atoms. The average molecular weight is 154 g/mol. The Kier molecular flexibility index (Phi) is 13.6. The van der Waals surface area contributed by atoms with E-state index in [0.29, 0.717) is 0 Å². The normalized spacial score (nSPS) is 10.7. The zero-order valence-electron chi connectivity index (χ0n) is 6.79. The number of thioether (sulfide) groups is 1. The number of hydrogen-bond acceptors (Lipinski definition) is 1. The van der Waals surface area contributed by atoms with Gasteiger partial charge in [-0.2, -0.15) is 0 Å². The Labute approximate surface area is 68.4 Å². The van der Waals surface area contributed by atoms with Crippen molar-refractivity contribution in [3.05, 3.63) is 23.1 Å². The van der Waals surface area contributed by atoms with E-state index in [-0.39, 0.29) is 0 Å². The highest BCUT2D eigenvalue weighted by Gasteiger charge is 1.76. The van der Waals surface area contributed by atoms with Gasteiger partial charge in [0.25, 0.3) is 0 Å². The first-order chi connectivity index (χ1) is 4.81. The summed E-state index contributed by atoms with van der Waals surface area (Å²) in [5, 5.41) is 0. The van der Waals surface area contributed by atoms with Gasteiger partial charge in [0.05, 0.1) is 0 Å². The molecule has 0 amide bonds. The molecular weight excluding hydrogens is 140 g/mol. The van der Waals surface area contributed by atoms with Crippen LogP contribution in [0.25, 0.3) is 0 Å². The van der Waals surface area contributed by atoms with Gasteiger partial charge < -0.3 is 0 Å². The number of terminal acetylenes is 1. The summed E-state index contributed by atoms with van der Waals surface area (Å²) >= 11 is 1.77. The molecule has 56 valence electrons. The molecule has 1 heteroatoms. The minimum Gasteiger partial charge on any atom is -0.134 e. The molecule has 0 aromatic rings. The number of hydrogen-bond donors (Lipinski definition) is 0. The lowest BCUT2D eigenvalue weighted by atomic mass is 10.5. The zero-order valence-corrected chi connectivity index (χ0v) is 7.61. The molecule has 0 atom stereocenters. The van der Waals surface area contributed by atoms with Crippen LogP contribution in [0.3, 0.4) is 0 Å². The molecule has 0 saturated heterocycles. The van der Waals surface area contributed by atoms with E-state index < -0.39 is 0 Å². The highest BCUT2D eigenvalue weighted by atomic mass is 32.2. The van der Waals surface area contributed by atoms with Crippen LogP contribution in [0.15, 0.2) is 23.1 Å². The van der Waals surface area contributed by atoms with Crippen molar-refractivity contribution < 1.29 is 0 Å². The molecule has 0 nitrogen and oxygen atoms in total. The van der Waals surface area contributed by atoms with Gasteiger partial charge in [0.2, 0.25) is 0 Å². The van der Waals surface area contributed by atoms with E-state index in [4.69, 9.17) is 0 Å². The van der Waals surface area contributed by atoms with E-state index in [2.05, 4.69) is 32.1 Å². The quantitative estimate of drug-likeness (QED) is 0.435. The van der Waals surface area contributed by atoms with Crippen LogP contribution in [0, 0.1) is 12.8 Å². The predicted molar refractivity (Wildman–Crippen MR) is 52.0 cm³/mol. The summed E-state index contributed by atoms with van der Waals surface area (Å²) in [6, 6.07) is 0. The van der Waals surface area contributed by atoms with Gasteiger partial charge in [0.1, 0.15) is 0 Å². The van der Waals surface area contributed by atoms with Crippen LogP contribution in [0.4, 0.5) is 0 Å². The van der Waals surface area contributed by atoms with Crippen molar-refractivity contribution in [3.8, 4) is 12.8 Å². The molecule has 0 heterocycles. The fourth-order valence-corrected chi connectivity index (χ4v) is 0.514. The second kappa shape index (κ2) is 11.2. The summed E-state index contributed by atoms with van der Waals surface area (Å²) < 4.78 is 0. The fraction of sp³-hybridized carbons (Fsp3) is 0.333. The monoisotopic (exact) mass is 154 g/mol. The van der Waals surface area contributed by atoms with Crippen molar-refractivity contribution in [2.24, 2.45) is 0 Å².